The quantitative estimate of drug-likeness (QED) is 0.188. The van der Waals surface area contributed by atoms with Gasteiger partial charge in [0, 0.05) is 48.4 Å². The van der Waals surface area contributed by atoms with E-state index in [1.54, 1.807) is 0 Å². The summed E-state index contributed by atoms with van der Waals surface area (Å²) in [6.45, 7) is 0. The van der Waals surface area contributed by atoms with E-state index in [4.69, 9.17) is 4.42 Å². The van der Waals surface area contributed by atoms with Gasteiger partial charge in [0.2, 0.25) is 0 Å². The van der Waals surface area contributed by atoms with E-state index in [2.05, 4.69) is 179 Å². The number of fused-ring (bicyclic) bond motifs is 11. The standard InChI is InChI=1S/C46H28N2OS/c1-2-14-30(15-3-1)47-38-21-9-6-17-33(38)37-28-31(25-26-39(37)47)48(40-22-12-20-35-34-18-8-11-24-43(34)50-46(35)40)41-27-29-13-4-5-16-32(29)45-44(41)36-19-7-10-23-42(36)49-45/h1-28H. The van der Waals surface area contributed by atoms with Crippen LogP contribution < -0.4 is 4.90 Å². The molecule has 0 aliphatic heterocycles. The Labute approximate surface area is 291 Å². The van der Waals surface area contributed by atoms with Crippen molar-refractivity contribution in [2.24, 2.45) is 0 Å². The zero-order chi connectivity index (χ0) is 32.8. The highest BCUT2D eigenvalue weighted by Crippen LogP contribution is 2.50. The minimum Gasteiger partial charge on any atom is -0.455 e. The van der Waals surface area contributed by atoms with Crippen LogP contribution in [0.4, 0.5) is 17.1 Å². The molecule has 0 amide bonds. The number of nitrogens with zero attached hydrogens (tertiary/aromatic N) is 2. The number of hydrogen-bond acceptors (Lipinski definition) is 3. The van der Waals surface area contributed by atoms with Crippen LogP contribution in [0.2, 0.25) is 0 Å². The van der Waals surface area contributed by atoms with Gasteiger partial charge in [-0.3, -0.25) is 0 Å². The first kappa shape index (κ1) is 27.6. The summed E-state index contributed by atoms with van der Waals surface area (Å²) in [5.41, 5.74) is 8.67. The zero-order valence-corrected chi connectivity index (χ0v) is 27.7. The molecule has 0 unspecified atom stereocenters. The lowest BCUT2D eigenvalue weighted by molar-refractivity contribution is 0.672. The second kappa shape index (κ2) is 10.6. The highest BCUT2D eigenvalue weighted by molar-refractivity contribution is 7.26. The highest BCUT2D eigenvalue weighted by atomic mass is 32.1. The molecule has 0 fully saturated rings. The fraction of sp³-hybridized carbons (Fsp3) is 0. The van der Waals surface area contributed by atoms with Gasteiger partial charge in [-0.15, -0.1) is 11.3 Å². The van der Waals surface area contributed by atoms with Gasteiger partial charge in [-0.25, -0.2) is 0 Å². The highest BCUT2D eigenvalue weighted by Gasteiger charge is 2.25. The van der Waals surface area contributed by atoms with E-state index in [0.717, 1.165) is 55.5 Å². The Hall–Kier alpha value is -6.36. The SMILES string of the molecule is c1ccc(-n2c3ccccc3c3cc(N(c4cccc5c4sc4ccccc45)c4cc5ccccc5c5oc6ccccc6c45)ccc32)cc1. The van der Waals surface area contributed by atoms with E-state index in [1.165, 1.54) is 42.0 Å². The average molecular weight is 657 g/mol. The molecule has 3 aromatic heterocycles. The monoisotopic (exact) mass is 656 g/mol. The molecule has 11 rings (SSSR count). The maximum Gasteiger partial charge on any atom is 0.145 e. The molecule has 11 aromatic rings. The van der Waals surface area contributed by atoms with Crippen LogP contribution in [0.1, 0.15) is 0 Å². The molecule has 0 bridgehead atoms. The smallest absolute Gasteiger partial charge is 0.145 e. The molecule has 0 spiro atoms. The lowest BCUT2D eigenvalue weighted by atomic mass is 10.0. The van der Waals surface area contributed by atoms with Gasteiger partial charge in [0.15, 0.2) is 0 Å². The fourth-order valence-corrected chi connectivity index (χ4v) is 9.19. The predicted octanol–water partition coefficient (Wildman–Crippen LogP) is 13.7. The van der Waals surface area contributed by atoms with E-state index >= 15 is 0 Å². The second-order valence-electron chi connectivity index (χ2n) is 12.9. The summed E-state index contributed by atoms with van der Waals surface area (Å²) in [5, 5.41) is 9.48. The van der Waals surface area contributed by atoms with Crippen molar-refractivity contribution in [2.45, 2.75) is 0 Å². The van der Waals surface area contributed by atoms with E-state index in [9.17, 15) is 0 Å². The fourth-order valence-electron chi connectivity index (χ4n) is 7.99. The van der Waals surface area contributed by atoms with Crippen LogP contribution in [0.5, 0.6) is 0 Å². The average Bonchev–Trinajstić information content (AvgIpc) is 3.86. The third-order valence-corrected chi connectivity index (χ3v) is 11.4. The molecule has 0 N–H and O–H groups in total. The van der Waals surface area contributed by atoms with Crippen molar-refractivity contribution in [1.29, 1.82) is 0 Å². The number of rotatable bonds is 4. The molecule has 0 saturated carbocycles. The number of furan rings is 1. The second-order valence-corrected chi connectivity index (χ2v) is 13.9. The summed E-state index contributed by atoms with van der Waals surface area (Å²) in [4.78, 5) is 2.47. The molecule has 0 saturated heterocycles. The maximum atomic E-state index is 6.72. The molecule has 8 aromatic carbocycles. The van der Waals surface area contributed by atoms with Gasteiger partial charge in [0.25, 0.3) is 0 Å². The molecule has 4 heteroatoms. The summed E-state index contributed by atoms with van der Waals surface area (Å²) in [5.74, 6) is 0. The first-order valence-corrected chi connectivity index (χ1v) is 17.8. The lowest BCUT2D eigenvalue weighted by Crippen LogP contribution is -2.10. The van der Waals surface area contributed by atoms with Gasteiger partial charge >= 0.3 is 0 Å². The number of anilines is 3. The van der Waals surface area contributed by atoms with Crippen molar-refractivity contribution >= 4 is 103 Å². The van der Waals surface area contributed by atoms with Crippen molar-refractivity contribution in [3.05, 3.63) is 170 Å². The molecule has 3 nitrogen and oxygen atoms in total. The first-order valence-electron chi connectivity index (χ1n) is 16.9. The molecule has 0 aliphatic carbocycles. The Kier molecular flexibility index (Phi) is 5.83. The van der Waals surface area contributed by atoms with Crippen LogP contribution in [0.15, 0.2) is 174 Å². The van der Waals surface area contributed by atoms with Gasteiger partial charge < -0.3 is 13.9 Å². The van der Waals surface area contributed by atoms with Crippen LogP contribution in [0.3, 0.4) is 0 Å². The third-order valence-electron chi connectivity index (χ3n) is 10.1. The van der Waals surface area contributed by atoms with Crippen LogP contribution in [0.25, 0.3) is 80.4 Å². The number of para-hydroxylation sites is 3. The minimum absolute atomic E-state index is 0.890. The van der Waals surface area contributed by atoms with Gasteiger partial charge in [-0.05, 0) is 66.0 Å². The first-order chi connectivity index (χ1) is 24.8. The summed E-state index contributed by atoms with van der Waals surface area (Å²) < 4.78 is 11.6. The van der Waals surface area contributed by atoms with Gasteiger partial charge in [-0.1, -0.05) is 109 Å². The normalized spacial score (nSPS) is 12.0. The topological polar surface area (TPSA) is 21.3 Å². The molecule has 50 heavy (non-hydrogen) atoms. The van der Waals surface area contributed by atoms with Crippen LogP contribution in [-0.4, -0.2) is 4.57 Å². The summed E-state index contributed by atoms with van der Waals surface area (Å²) in [7, 11) is 0. The van der Waals surface area contributed by atoms with Crippen molar-refractivity contribution in [3.63, 3.8) is 0 Å². The van der Waals surface area contributed by atoms with E-state index in [0.29, 0.717) is 0 Å². The van der Waals surface area contributed by atoms with Crippen molar-refractivity contribution in [1.82, 2.24) is 4.57 Å². The Morgan fingerprint density at radius 2 is 1.18 bits per heavy atom. The Balaban J connectivity index is 1.28. The Morgan fingerprint density at radius 1 is 0.480 bits per heavy atom. The van der Waals surface area contributed by atoms with Crippen molar-refractivity contribution in [2.75, 3.05) is 4.90 Å². The maximum absolute atomic E-state index is 6.72. The lowest BCUT2D eigenvalue weighted by Gasteiger charge is -2.27. The molecule has 3 heterocycles. The molecule has 0 radical (unpaired) electrons. The van der Waals surface area contributed by atoms with Gasteiger partial charge in [0.05, 0.1) is 32.5 Å². The third kappa shape index (κ3) is 3.91. The molecular formula is C46H28N2OS. The van der Waals surface area contributed by atoms with Gasteiger partial charge in [-0.2, -0.15) is 0 Å². The molecule has 0 aliphatic rings. The van der Waals surface area contributed by atoms with E-state index in [1.807, 2.05) is 11.3 Å². The van der Waals surface area contributed by atoms with Crippen LogP contribution >= 0.6 is 11.3 Å². The van der Waals surface area contributed by atoms with E-state index < -0.39 is 0 Å². The number of aromatic nitrogens is 1. The van der Waals surface area contributed by atoms with Crippen LogP contribution in [-0.2, 0) is 0 Å². The number of hydrogen-bond donors (Lipinski definition) is 0. The number of benzene rings is 8. The van der Waals surface area contributed by atoms with Crippen LogP contribution in [0, 0.1) is 0 Å². The van der Waals surface area contributed by atoms with E-state index in [-0.39, 0.29) is 0 Å². The molecule has 0 atom stereocenters. The van der Waals surface area contributed by atoms with Crippen molar-refractivity contribution < 1.29 is 4.42 Å². The molecular weight excluding hydrogens is 629 g/mol. The Bertz CT molecular complexity index is 3110. The van der Waals surface area contributed by atoms with Crippen molar-refractivity contribution in [3.8, 4) is 5.69 Å². The van der Waals surface area contributed by atoms with Gasteiger partial charge in [0.1, 0.15) is 11.2 Å². The Morgan fingerprint density at radius 3 is 2.08 bits per heavy atom. The summed E-state index contributed by atoms with van der Waals surface area (Å²) in [6.07, 6.45) is 0. The summed E-state index contributed by atoms with van der Waals surface area (Å²) in [6, 6.07) is 61.2. The largest absolute Gasteiger partial charge is 0.455 e. The zero-order valence-electron chi connectivity index (χ0n) is 26.9. The molecule has 234 valence electrons. The minimum atomic E-state index is 0.890. The summed E-state index contributed by atoms with van der Waals surface area (Å²) >= 11 is 1.86. The number of thiophene rings is 1. The predicted molar refractivity (Wildman–Crippen MR) is 213 cm³/mol.